The van der Waals surface area contributed by atoms with Crippen molar-refractivity contribution in [3.8, 4) is 0 Å². The van der Waals surface area contributed by atoms with Crippen LogP contribution in [0.1, 0.15) is 11.1 Å². The fourth-order valence-corrected chi connectivity index (χ4v) is 3.54. The second kappa shape index (κ2) is 3.44. The van der Waals surface area contributed by atoms with Crippen LogP contribution in [0.2, 0.25) is 0 Å². The van der Waals surface area contributed by atoms with Crippen molar-refractivity contribution in [1.82, 2.24) is 20.6 Å². The van der Waals surface area contributed by atoms with Gasteiger partial charge in [-0.2, -0.15) is 17.0 Å². The number of tetrazole rings is 1. The lowest BCUT2D eigenvalue weighted by molar-refractivity contribution is 0.881. The first-order chi connectivity index (χ1) is 5.47. The average Bonchev–Trinajstić information content (AvgIpc) is 2.58. The maximum Gasteiger partial charge on any atom is 0.188 e. The molecule has 0 amide bonds. The van der Waals surface area contributed by atoms with Crippen LogP contribution in [0.25, 0.3) is 0 Å². The van der Waals surface area contributed by atoms with E-state index in [-0.39, 0.29) is 0 Å². The maximum absolute atomic E-state index is 3.96. The summed E-state index contributed by atoms with van der Waals surface area (Å²) in [7, 11) is 0. The Morgan fingerprint density at radius 1 is 1.45 bits per heavy atom. The summed E-state index contributed by atoms with van der Waals surface area (Å²) in [5.41, 5.74) is 0. The van der Waals surface area contributed by atoms with Gasteiger partial charge < -0.3 is 0 Å². The summed E-state index contributed by atoms with van der Waals surface area (Å²) in [6.45, 7) is 0. The molecule has 1 N–H and O–H groups in total. The van der Waals surface area contributed by atoms with Gasteiger partial charge in [-0.3, -0.25) is 0 Å². The first kappa shape index (κ1) is 7.42. The van der Waals surface area contributed by atoms with Crippen LogP contribution >= 0.6 is 23.5 Å². The fourth-order valence-electron chi connectivity index (χ4n) is 0.943. The maximum atomic E-state index is 3.96. The second-order valence-electron chi connectivity index (χ2n) is 2.20. The third-order valence-corrected chi connectivity index (χ3v) is 4.22. The Morgan fingerprint density at radius 3 is 3.09 bits per heavy atom. The molecule has 6 heteroatoms. The molecule has 0 spiro atoms. The monoisotopic (exact) mass is 188 g/mol. The first-order valence-corrected chi connectivity index (χ1v) is 5.60. The molecule has 1 aliphatic rings. The lowest BCUT2D eigenvalue weighted by Crippen LogP contribution is -2.07. The summed E-state index contributed by atoms with van der Waals surface area (Å²) < 4.78 is 0. The smallest absolute Gasteiger partial charge is 0.177 e. The minimum absolute atomic E-state index is 0.451. The third kappa shape index (κ3) is 1.67. The number of aromatic nitrogens is 4. The number of thioether (sulfide) groups is 2. The molecule has 0 aromatic carbocycles. The number of hydrogen-bond acceptors (Lipinski definition) is 5. The Morgan fingerprint density at radius 2 is 2.45 bits per heavy atom. The minimum Gasteiger partial charge on any atom is -0.177 e. The molecular weight excluding hydrogens is 180 g/mol. The van der Waals surface area contributed by atoms with Crippen molar-refractivity contribution in [2.75, 3.05) is 17.3 Å². The molecule has 4 nitrogen and oxygen atoms in total. The summed E-state index contributed by atoms with van der Waals surface area (Å²) in [5.74, 6) is 4.41. The molecule has 11 heavy (non-hydrogen) atoms. The zero-order chi connectivity index (χ0) is 7.52. The molecule has 1 fully saturated rings. The SMILES string of the molecule is C1CS[C@H](c2nn[nH]n2)CS1. The number of rotatable bonds is 1. The van der Waals surface area contributed by atoms with Gasteiger partial charge in [0.2, 0.25) is 0 Å². The molecule has 1 atom stereocenters. The molecule has 1 saturated heterocycles. The first-order valence-electron chi connectivity index (χ1n) is 3.39. The van der Waals surface area contributed by atoms with Gasteiger partial charge in [-0.15, -0.1) is 22.0 Å². The summed E-state index contributed by atoms with van der Waals surface area (Å²) in [6.07, 6.45) is 0. The van der Waals surface area contributed by atoms with Crippen molar-refractivity contribution in [3.05, 3.63) is 5.82 Å². The van der Waals surface area contributed by atoms with E-state index in [0.29, 0.717) is 5.25 Å². The van der Waals surface area contributed by atoms with E-state index < -0.39 is 0 Å². The molecule has 1 aromatic rings. The number of nitrogens with zero attached hydrogens (tertiary/aromatic N) is 3. The molecule has 0 unspecified atom stereocenters. The van der Waals surface area contributed by atoms with E-state index in [9.17, 15) is 0 Å². The summed E-state index contributed by atoms with van der Waals surface area (Å²) >= 11 is 3.87. The lowest BCUT2D eigenvalue weighted by atomic mass is 10.4. The fraction of sp³-hybridized carbons (Fsp3) is 0.800. The summed E-state index contributed by atoms with van der Waals surface area (Å²) in [6, 6.07) is 0. The van der Waals surface area contributed by atoms with Gasteiger partial charge >= 0.3 is 0 Å². The summed E-state index contributed by atoms with van der Waals surface area (Å²) in [5, 5.41) is 14.4. The van der Waals surface area contributed by atoms with Crippen LogP contribution in [0.3, 0.4) is 0 Å². The number of aromatic amines is 1. The van der Waals surface area contributed by atoms with E-state index in [1.54, 1.807) is 0 Å². The van der Waals surface area contributed by atoms with Crippen molar-refractivity contribution >= 4 is 23.5 Å². The Labute approximate surface area is 72.9 Å². The Kier molecular flexibility index (Phi) is 2.32. The lowest BCUT2D eigenvalue weighted by Gasteiger charge is -2.16. The van der Waals surface area contributed by atoms with Crippen LogP contribution < -0.4 is 0 Å². The highest BCUT2D eigenvalue weighted by Gasteiger charge is 2.19. The number of nitrogens with one attached hydrogen (secondary N) is 1. The van der Waals surface area contributed by atoms with Gasteiger partial charge in [0, 0.05) is 17.3 Å². The van der Waals surface area contributed by atoms with Gasteiger partial charge in [-0.05, 0) is 0 Å². The average molecular weight is 188 g/mol. The number of hydrogen-bond donors (Lipinski definition) is 1. The van der Waals surface area contributed by atoms with Crippen molar-refractivity contribution in [1.29, 1.82) is 0 Å². The van der Waals surface area contributed by atoms with Crippen LogP contribution in [0.15, 0.2) is 0 Å². The van der Waals surface area contributed by atoms with Crippen molar-refractivity contribution in [3.63, 3.8) is 0 Å². The Hall–Kier alpha value is -0.230. The van der Waals surface area contributed by atoms with E-state index in [2.05, 4.69) is 20.6 Å². The van der Waals surface area contributed by atoms with E-state index in [1.165, 1.54) is 11.5 Å². The zero-order valence-electron chi connectivity index (χ0n) is 5.86. The predicted octanol–water partition coefficient (Wildman–Crippen LogP) is 0.721. The molecule has 2 heterocycles. The normalized spacial score (nSPS) is 25.3. The minimum atomic E-state index is 0.451. The standard InChI is InChI=1S/C5H8N4S2/c1-2-11-4(3-10-1)5-6-8-9-7-5/h4H,1-3H2,(H,6,7,8,9)/t4-/m0/s1. The van der Waals surface area contributed by atoms with Crippen LogP contribution in [-0.2, 0) is 0 Å². The van der Waals surface area contributed by atoms with E-state index in [0.717, 1.165) is 11.6 Å². The van der Waals surface area contributed by atoms with Gasteiger partial charge in [-0.1, -0.05) is 5.21 Å². The second-order valence-corrected chi connectivity index (χ2v) is 4.66. The molecule has 60 valence electrons. The summed E-state index contributed by atoms with van der Waals surface area (Å²) in [4.78, 5) is 0. The van der Waals surface area contributed by atoms with Crippen molar-refractivity contribution in [2.45, 2.75) is 5.25 Å². The van der Waals surface area contributed by atoms with Crippen LogP contribution in [0, 0.1) is 0 Å². The molecular formula is C5H8N4S2. The largest absolute Gasteiger partial charge is 0.188 e. The number of H-pyrrole nitrogens is 1. The Balaban J connectivity index is 2.04. The molecule has 0 bridgehead atoms. The molecule has 0 radical (unpaired) electrons. The molecule has 1 aliphatic heterocycles. The van der Waals surface area contributed by atoms with Gasteiger partial charge in [0.25, 0.3) is 0 Å². The zero-order valence-corrected chi connectivity index (χ0v) is 7.49. The third-order valence-electron chi connectivity index (χ3n) is 1.47. The molecule has 0 saturated carbocycles. The van der Waals surface area contributed by atoms with Crippen molar-refractivity contribution < 1.29 is 0 Å². The molecule has 1 aromatic heterocycles. The van der Waals surface area contributed by atoms with Crippen LogP contribution in [0.4, 0.5) is 0 Å². The Bertz CT molecular complexity index is 206. The molecule has 2 rings (SSSR count). The van der Waals surface area contributed by atoms with Gasteiger partial charge in [0.05, 0.1) is 5.25 Å². The van der Waals surface area contributed by atoms with Crippen LogP contribution in [-0.4, -0.2) is 37.9 Å². The van der Waals surface area contributed by atoms with E-state index >= 15 is 0 Å². The van der Waals surface area contributed by atoms with E-state index in [1.807, 2.05) is 23.5 Å². The van der Waals surface area contributed by atoms with E-state index in [4.69, 9.17) is 0 Å². The van der Waals surface area contributed by atoms with Gasteiger partial charge in [0.1, 0.15) is 0 Å². The predicted molar refractivity (Wildman–Crippen MR) is 46.7 cm³/mol. The highest BCUT2D eigenvalue weighted by Crippen LogP contribution is 2.34. The highest BCUT2D eigenvalue weighted by molar-refractivity contribution is 8.06. The highest BCUT2D eigenvalue weighted by atomic mass is 32.2. The topological polar surface area (TPSA) is 54.5 Å². The van der Waals surface area contributed by atoms with Crippen LogP contribution in [0.5, 0.6) is 0 Å². The van der Waals surface area contributed by atoms with Crippen molar-refractivity contribution in [2.24, 2.45) is 0 Å². The quantitative estimate of drug-likeness (QED) is 0.704. The van der Waals surface area contributed by atoms with Gasteiger partial charge in [-0.25, -0.2) is 0 Å². The molecule has 0 aliphatic carbocycles. The van der Waals surface area contributed by atoms with Gasteiger partial charge in [0.15, 0.2) is 5.82 Å².